The molecule has 0 amide bonds. The summed E-state index contributed by atoms with van der Waals surface area (Å²) in [5.74, 6) is -3.48. The Morgan fingerprint density at radius 3 is 1.93 bits per heavy atom. The molecule has 0 atom stereocenters. The normalized spacial score (nSPS) is 16.2. The van der Waals surface area contributed by atoms with Gasteiger partial charge < -0.3 is 35.2 Å². The third-order valence-electron chi connectivity index (χ3n) is 6.91. The molecule has 0 aliphatic carbocycles. The highest BCUT2D eigenvalue weighted by atomic mass is 16.5. The molecule has 3 rings (SSSR count). The number of pyridine rings is 1. The minimum absolute atomic E-state index is 0.0944. The van der Waals surface area contributed by atoms with Crippen LogP contribution in [-0.4, -0.2) is 85.2 Å². The largest absolute Gasteiger partial charge is 0.493 e. The smallest absolute Gasteiger partial charge is 0.336 e. The molecule has 1 saturated heterocycles. The Kier molecular flexibility index (Phi) is 11.8. The van der Waals surface area contributed by atoms with E-state index in [-0.39, 0.29) is 11.1 Å². The number of piperidine rings is 1. The Balaban J connectivity index is 0.000000401. The topological polar surface area (TPSA) is 179 Å². The van der Waals surface area contributed by atoms with Crippen molar-refractivity contribution in [2.24, 2.45) is 0 Å². The predicted octanol–water partition coefficient (Wildman–Crippen LogP) is 3.16. The van der Waals surface area contributed by atoms with E-state index in [2.05, 4.69) is 61.1 Å². The van der Waals surface area contributed by atoms with E-state index in [9.17, 15) is 14.4 Å². The van der Waals surface area contributed by atoms with Crippen molar-refractivity contribution in [3.05, 3.63) is 53.9 Å². The van der Waals surface area contributed by atoms with Gasteiger partial charge in [-0.05, 0) is 69.9 Å². The van der Waals surface area contributed by atoms with E-state index in [1.807, 2.05) is 24.5 Å². The van der Waals surface area contributed by atoms with Crippen molar-refractivity contribution in [3.8, 4) is 11.5 Å². The highest BCUT2D eigenvalue weighted by molar-refractivity contribution is 5.88. The molecular formula is C30H43N3O9. The molecule has 5 N–H and O–H groups in total. The van der Waals surface area contributed by atoms with Crippen molar-refractivity contribution in [1.82, 2.24) is 15.2 Å². The number of hydrogen-bond acceptors (Lipinski definition) is 9. The van der Waals surface area contributed by atoms with E-state index in [1.165, 1.54) is 11.1 Å². The summed E-state index contributed by atoms with van der Waals surface area (Å²) in [6, 6.07) is 10.9. The molecule has 0 spiro atoms. The SMILES string of the molecule is COc1ccc(CN(Cc2cccnc2)C2CC(C)(C)NC(C)(C)C2)cc1OC.O=C(O)CC(O)(CC(=O)O)C(=O)O. The molecule has 2 aromatic rings. The van der Waals surface area contributed by atoms with E-state index in [0.717, 1.165) is 37.4 Å². The number of hydrogen-bond donors (Lipinski definition) is 5. The molecule has 1 aromatic heterocycles. The first-order valence-corrected chi connectivity index (χ1v) is 13.5. The number of carboxylic acids is 3. The summed E-state index contributed by atoms with van der Waals surface area (Å²) in [4.78, 5) is 37.4. The van der Waals surface area contributed by atoms with Crippen LogP contribution < -0.4 is 14.8 Å². The van der Waals surface area contributed by atoms with Crippen LogP contribution in [0.4, 0.5) is 0 Å². The summed E-state index contributed by atoms with van der Waals surface area (Å²) in [6.07, 6.45) is 3.72. The molecule has 1 fully saturated rings. The van der Waals surface area contributed by atoms with Gasteiger partial charge in [0, 0.05) is 42.6 Å². The number of carbonyl (C=O) groups is 3. The van der Waals surface area contributed by atoms with Gasteiger partial charge >= 0.3 is 17.9 Å². The Hall–Kier alpha value is -3.74. The van der Waals surface area contributed by atoms with Gasteiger partial charge in [-0.15, -0.1) is 0 Å². The van der Waals surface area contributed by atoms with Crippen LogP contribution in [-0.2, 0) is 27.5 Å². The first-order valence-electron chi connectivity index (χ1n) is 13.5. The van der Waals surface area contributed by atoms with Crippen LogP contribution in [0.2, 0.25) is 0 Å². The Bertz CT molecular complexity index is 1190. The third-order valence-corrected chi connectivity index (χ3v) is 6.91. The van der Waals surface area contributed by atoms with Crippen LogP contribution in [0.3, 0.4) is 0 Å². The predicted molar refractivity (Wildman–Crippen MR) is 154 cm³/mol. The van der Waals surface area contributed by atoms with Crippen LogP contribution >= 0.6 is 0 Å². The average Bonchev–Trinajstić information content (AvgIpc) is 2.86. The first-order chi connectivity index (χ1) is 19.5. The summed E-state index contributed by atoms with van der Waals surface area (Å²) < 4.78 is 10.9. The van der Waals surface area contributed by atoms with Crippen LogP contribution in [0.1, 0.15) is 64.5 Å². The second-order valence-electron chi connectivity index (χ2n) is 11.9. The minimum Gasteiger partial charge on any atom is -0.493 e. The van der Waals surface area contributed by atoms with Gasteiger partial charge in [0.25, 0.3) is 0 Å². The molecule has 1 aromatic carbocycles. The molecule has 12 heteroatoms. The standard InChI is InChI=1S/C24H35N3O2.C6H8O7/c1-23(2)13-20(14-24(3,4)26-23)27(17-19-8-7-11-25-15-19)16-18-9-10-21(28-5)22(12-18)29-6;7-3(8)1-6(13,5(11)12)2-4(9)10/h7-12,15,20,26H,13-14,16-17H2,1-6H3;13H,1-2H2,(H,7,8)(H,9,10)(H,11,12). The molecule has 0 saturated carbocycles. The fourth-order valence-corrected chi connectivity index (χ4v) is 5.49. The molecule has 42 heavy (non-hydrogen) atoms. The molecule has 0 bridgehead atoms. The van der Waals surface area contributed by atoms with E-state index < -0.39 is 36.4 Å². The van der Waals surface area contributed by atoms with Crippen molar-refractivity contribution < 1.29 is 44.3 Å². The number of ether oxygens (including phenoxy) is 2. The van der Waals surface area contributed by atoms with Crippen LogP contribution in [0, 0.1) is 0 Å². The second-order valence-corrected chi connectivity index (χ2v) is 11.9. The van der Waals surface area contributed by atoms with Gasteiger partial charge in [-0.25, -0.2) is 4.79 Å². The Labute approximate surface area is 246 Å². The van der Waals surface area contributed by atoms with Gasteiger partial charge in [-0.2, -0.15) is 0 Å². The zero-order valence-electron chi connectivity index (χ0n) is 25.1. The third kappa shape index (κ3) is 10.6. The quantitative estimate of drug-likeness (QED) is 0.245. The summed E-state index contributed by atoms with van der Waals surface area (Å²) >= 11 is 0. The first kappa shape index (κ1) is 34.5. The number of nitrogens with zero attached hydrogens (tertiary/aromatic N) is 2. The van der Waals surface area contributed by atoms with Gasteiger partial charge in [0.2, 0.25) is 0 Å². The lowest BCUT2D eigenvalue weighted by Crippen LogP contribution is -2.62. The summed E-state index contributed by atoms with van der Waals surface area (Å²) in [5, 5.41) is 37.6. The second kappa shape index (κ2) is 14.4. The van der Waals surface area contributed by atoms with Crippen molar-refractivity contribution >= 4 is 17.9 Å². The summed E-state index contributed by atoms with van der Waals surface area (Å²) in [5.41, 5.74) is -0.0886. The average molecular weight is 590 g/mol. The van der Waals surface area contributed by atoms with Crippen LogP contribution in [0.15, 0.2) is 42.7 Å². The van der Waals surface area contributed by atoms with E-state index in [0.29, 0.717) is 6.04 Å². The van der Waals surface area contributed by atoms with E-state index in [1.54, 1.807) is 14.2 Å². The van der Waals surface area contributed by atoms with Crippen LogP contribution in [0.5, 0.6) is 11.5 Å². The lowest BCUT2D eigenvalue weighted by atomic mass is 9.79. The maximum Gasteiger partial charge on any atom is 0.336 e. The highest BCUT2D eigenvalue weighted by Crippen LogP contribution is 2.34. The van der Waals surface area contributed by atoms with Crippen molar-refractivity contribution in [2.45, 2.75) is 89.2 Å². The zero-order valence-corrected chi connectivity index (χ0v) is 25.1. The van der Waals surface area contributed by atoms with Crippen molar-refractivity contribution in [2.75, 3.05) is 14.2 Å². The molecule has 232 valence electrons. The molecule has 1 aliphatic rings. The highest BCUT2D eigenvalue weighted by Gasteiger charge is 2.41. The number of methoxy groups -OCH3 is 2. The van der Waals surface area contributed by atoms with Gasteiger partial charge in [0.05, 0.1) is 27.1 Å². The number of aromatic nitrogens is 1. The molecule has 1 aliphatic heterocycles. The van der Waals surface area contributed by atoms with Crippen molar-refractivity contribution in [1.29, 1.82) is 0 Å². The fourth-order valence-electron chi connectivity index (χ4n) is 5.49. The van der Waals surface area contributed by atoms with Gasteiger partial charge in [0.1, 0.15) is 0 Å². The molecule has 0 radical (unpaired) electrons. The van der Waals surface area contributed by atoms with Gasteiger partial charge in [-0.1, -0.05) is 12.1 Å². The Morgan fingerprint density at radius 1 is 0.929 bits per heavy atom. The van der Waals surface area contributed by atoms with Gasteiger partial charge in [-0.3, -0.25) is 19.5 Å². The molecule has 2 heterocycles. The number of nitrogens with one attached hydrogen (secondary N) is 1. The van der Waals surface area contributed by atoms with Gasteiger partial charge in [0.15, 0.2) is 17.1 Å². The number of carboxylic acid groups (broad SMARTS) is 3. The summed E-state index contributed by atoms with van der Waals surface area (Å²) in [6.45, 7) is 10.9. The molecule has 0 unspecified atom stereocenters. The number of rotatable bonds is 12. The lowest BCUT2D eigenvalue weighted by molar-refractivity contribution is -0.170. The van der Waals surface area contributed by atoms with E-state index >= 15 is 0 Å². The Morgan fingerprint density at radius 2 is 1.48 bits per heavy atom. The van der Waals surface area contributed by atoms with E-state index in [4.69, 9.17) is 29.9 Å². The monoisotopic (exact) mass is 589 g/mol. The zero-order chi connectivity index (χ0) is 31.7. The van der Waals surface area contributed by atoms with Crippen LogP contribution in [0.25, 0.3) is 0 Å². The summed E-state index contributed by atoms with van der Waals surface area (Å²) in [7, 11) is 3.36. The minimum atomic E-state index is -2.74. The molecular weight excluding hydrogens is 546 g/mol. The maximum absolute atomic E-state index is 10.3. The number of aliphatic carboxylic acids is 3. The number of aliphatic hydroxyl groups is 1. The molecule has 12 nitrogen and oxygen atoms in total. The fraction of sp³-hybridized carbons (Fsp3) is 0.533. The van der Waals surface area contributed by atoms with Crippen molar-refractivity contribution in [3.63, 3.8) is 0 Å². The lowest BCUT2D eigenvalue weighted by Gasteiger charge is -2.49. The number of benzene rings is 1. The maximum atomic E-state index is 10.3.